The van der Waals surface area contributed by atoms with Gasteiger partial charge in [0.2, 0.25) is 0 Å². The molecule has 1 N–H and O–H groups in total. The van der Waals surface area contributed by atoms with Crippen molar-refractivity contribution in [1.29, 1.82) is 0 Å². The van der Waals surface area contributed by atoms with Crippen LogP contribution >= 0.6 is 0 Å². The van der Waals surface area contributed by atoms with Crippen LogP contribution in [-0.2, 0) is 13.0 Å². The number of fused-ring (bicyclic) bond motifs is 1. The Morgan fingerprint density at radius 1 is 0.735 bits per heavy atom. The molecule has 0 amide bonds. The van der Waals surface area contributed by atoms with Gasteiger partial charge in [-0.1, -0.05) is 66.7 Å². The summed E-state index contributed by atoms with van der Waals surface area (Å²) < 4.78 is 11.5. The lowest BCUT2D eigenvalue weighted by Gasteiger charge is -2.18. The van der Waals surface area contributed by atoms with Gasteiger partial charge < -0.3 is 14.6 Å². The maximum absolute atomic E-state index is 10.7. The molecular weight excluding hydrogens is 420 g/mol. The quantitative estimate of drug-likeness (QED) is 0.337. The summed E-state index contributed by atoms with van der Waals surface area (Å²) in [6, 6.07) is 32.4. The van der Waals surface area contributed by atoms with Gasteiger partial charge in [0, 0.05) is 5.56 Å². The standard InChI is InChI=1S/C31H28O3/c1-33-25-16-14-23(15-17-25)31-27-19-18-26(34-21-22-8-3-2-4-9-22)20-24(27)10-7-12-29(31)28-11-5-6-13-30(28)32/h2-6,8-9,11,13-20,32H,7,10,12,21H2,1H3. The molecule has 0 aliphatic heterocycles. The summed E-state index contributed by atoms with van der Waals surface area (Å²) in [7, 11) is 1.68. The van der Waals surface area contributed by atoms with E-state index in [1.165, 1.54) is 16.7 Å². The molecule has 0 atom stereocenters. The summed E-state index contributed by atoms with van der Waals surface area (Å²) in [6.07, 6.45) is 2.83. The lowest BCUT2D eigenvalue weighted by atomic mass is 9.87. The average molecular weight is 449 g/mol. The van der Waals surface area contributed by atoms with E-state index in [1.54, 1.807) is 13.2 Å². The van der Waals surface area contributed by atoms with Gasteiger partial charge in [-0.3, -0.25) is 0 Å². The number of hydrogen-bond acceptors (Lipinski definition) is 3. The molecule has 1 aliphatic carbocycles. The van der Waals surface area contributed by atoms with Gasteiger partial charge in [0.15, 0.2) is 0 Å². The summed E-state index contributed by atoms with van der Waals surface area (Å²) in [5.41, 5.74) is 7.94. The van der Waals surface area contributed by atoms with E-state index in [-0.39, 0.29) is 0 Å². The number of allylic oxidation sites excluding steroid dienone is 1. The predicted molar refractivity (Wildman–Crippen MR) is 137 cm³/mol. The van der Waals surface area contributed by atoms with Crippen molar-refractivity contribution >= 4 is 11.1 Å². The number of phenols is 1. The molecule has 0 saturated heterocycles. The highest BCUT2D eigenvalue weighted by atomic mass is 16.5. The van der Waals surface area contributed by atoms with Crippen molar-refractivity contribution in [3.63, 3.8) is 0 Å². The van der Waals surface area contributed by atoms with Crippen LogP contribution in [0.25, 0.3) is 11.1 Å². The fraction of sp³-hybridized carbons (Fsp3) is 0.161. The highest BCUT2D eigenvalue weighted by Crippen LogP contribution is 2.43. The van der Waals surface area contributed by atoms with E-state index in [4.69, 9.17) is 9.47 Å². The minimum atomic E-state index is 0.315. The summed E-state index contributed by atoms with van der Waals surface area (Å²) in [6.45, 7) is 0.546. The van der Waals surface area contributed by atoms with E-state index < -0.39 is 0 Å². The van der Waals surface area contributed by atoms with Crippen molar-refractivity contribution in [2.75, 3.05) is 7.11 Å². The van der Waals surface area contributed by atoms with Crippen LogP contribution < -0.4 is 9.47 Å². The highest BCUT2D eigenvalue weighted by molar-refractivity contribution is 6.00. The number of benzene rings is 4. The van der Waals surface area contributed by atoms with E-state index in [2.05, 4.69) is 42.5 Å². The molecule has 0 fully saturated rings. The van der Waals surface area contributed by atoms with Crippen LogP contribution in [0.15, 0.2) is 97.1 Å². The van der Waals surface area contributed by atoms with Crippen molar-refractivity contribution in [2.45, 2.75) is 25.9 Å². The molecule has 34 heavy (non-hydrogen) atoms. The Morgan fingerprint density at radius 2 is 1.47 bits per heavy atom. The van der Waals surface area contributed by atoms with Crippen LogP contribution in [0.2, 0.25) is 0 Å². The van der Waals surface area contributed by atoms with E-state index >= 15 is 0 Å². The number of hydrogen-bond donors (Lipinski definition) is 1. The second kappa shape index (κ2) is 9.88. The predicted octanol–water partition coefficient (Wildman–Crippen LogP) is 7.28. The molecular formula is C31H28O3. The molecule has 0 heterocycles. The third-order valence-electron chi connectivity index (χ3n) is 6.38. The van der Waals surface area contributed by atoms with E-state index in [1.807, 2.05) is 48.5 Å². The zero-order valence-electron chi connectivity index (χ0n) is 19.3. The van der Waals surface area contributed by atoms with Crippen LogP contribution in [0, 0.1) is 0 Å². The largest absolute Gasteiger partial charge is 0.507 e. The zero-order valence-corrected chi connectivity index (χ0v) is 19.3. The van der Waals surface area contributed by atoms with E-state index in [0.717, 1.165) is 53.0 Å². The number of methoxy groups -OCH3 is 1. The number of phenolic OH excluding ortho intramolecular Hbond substituents is 1. The Balaban J connectivity index is 1.59. The van der Waals surface area contributed by atoms with Crippen molar-refractivity contribution in [3.8, 4) is 17.2 Å². The lowest BCUT2D eigenvalue weighted by Crippen LogP contribution is -1.99. The number of para-hydroxylation sites is 1. The Kier molecular flexibility index (Phi) is 6.35. The minimum absolute atomic E-state index is 0.315. The summed E-state index contributed by atoms with van der Waals surface area (Å²) in [4.78, 5) is 0. The summed E-state index contributed by atoms with van der Waals surface area (Å²) in [5, 5.41) is 10.7. The third kappa shape index (κ3) is 4.55. The highest BCUT2D eigenvalue weighted by Gasteiger charge is 2.22. The van der Waals surface area contributed by atoms with Gasteiger partial charge in [0.05, 0.1) is 7.11 Å². The number of rotatable bonds is 6. The average Bonchev–Trinajstić information content (AvgIpc) is 3.07. The van der Waals surface area contributed by atoms with Crippen molar-refractivity contribution in [2.24, 2.45) is 0 Å². The first-order valence-electron chi connectivity index (χ1n) is 11.7. The minimum Gasteiger partial charge on any atom is -0.507 e. The van der Waals surface area contributed by atoms with Gasteiger partial charge in [-0.05, 0) is 83.0 Å². The second-order valence-electron chi connectivity index (χ2n) is 8.55. The molecule has 0 spiro atoms. The first-order valence-corrected chi connectivity index (χ1v) is 11.7. The SMILES string of the molecule is COc1ccc(C2=C(c3ccccc3O)CCCc3cc(OCc4ccccc4)ccc32)cc1. The molecule has 0 unspecified atom stereocenters. The topological polar surface area (TPSA) is 38.7 Å². The third-order valence-corrected chi connectivity index (χ3v) is 6.38. The summed E-state index contributed by atoms with van der Waals surface area (Å²) in [5.74, 6) is 2.02. The molecule has 3 heteroatoms. The van der Waals surface area contributed by atoms with Crippen LogP contribution in [-0.4, -0.2) is 12.2 Å². The van der Waals surface area contributed by atoms with Crippen molar-refractivity contribution in [3.05, 3.63) is 125 Å². The normalized spacial score (nSPS) is 13.2. The fourth-order valence-electron chi connectivity index (χ4n) is 4.68. The van der Waals surface area contributed by atoms with Crippen molar-refractivity contribution < 1.29 is 14.6 Å². The molecule has 0 radical (unpaired) electrons. The van der Waals surface area contributed by atoms with Gasteiger partial charge >= 0.3 is 0 Å². The maximum Gasteiger partial charge on any atom is 0.123 e. The van der Waals surface area contributed by atoms with Gasteiger partial charge in [-0.2, -0.15) is 0 Å². The first kappa shape index (κ1) is 21.8. The van der Waals surface area contributed by atoms with E-state index in [0.29, 0.717) is 12.4 Å². The molecule has 0 saturated carbocycles. The lowest BCUT2D eigenvalue weighted by molar-refractivity contribution is 0.306. The Hall–Kier alpha value is -3.98. The number of aryl methyl sites for hydroxylation is 1. The fourth-order valence-corrected chi connectivity index (χ4v) is 4.68. The molecule has 3 nitrogen and oxygen atoms in total. The maximum atomic E-state index is 10.7. The molecule has 4 aromatic carbocycles. The van der Waals surface area contributed by atoms with Gasteiger partial charge in [0.1, 0.15) is 23.9 Å². The van der Waals surface area contributed by atoms with Gasteiger partial charge in [-0.25, -0.2) is 0 Å². The van der Waals surface area contributed by atoms with Gasteiger partial charge in [-0.15, -0.1) is 0 Å². The number of aromatic hydroxyl groups is 1. The van der Waals surface area contributed by atoms with Crippen LogP contribution in [0.1, 0.15) is 40.7 Å². The zero-order chi connectivity index (χ0) is 23.3. The van der Waals surface area contributed by atoms with Crippen LogP contribution in [0.5, 0.6) is 17.2 Å². The Labute approximate surface area is 200 Å². The molecule has 1 aliphatic rings. The molecule has 5 rings (SSSR count). The summed E-state index contributed by atoms with van der Waals surface area (Å²) >= 11 is 0. The van der Waals surface area contributed by atoms with Crippen LogP contribution in [0.4, 0.5) is 0 Å². The molecule has 0 bridgehead atoms. The van der Waals surface area contributed by atoms with Gasteiger partial charge in [0.25, 0.3) is 0 Å². The molecule has 4 aromatic rings. The van der Waals surface area contributed by atoms with E-state index in [9.17, 15) is 5.11 Å². The smallest absolute Gasteiger partial charge is 0.123 e. The molecule has 0 aromatic heterocycles. The monoisotopic (exact) mass is 448 g/mol. The first-order chi connectivity index (χ1) is 16.7. The molecule has 170 valence electrons. The second-order valence-corrected chi connectivity index (χ2v) is 8.55. The van der Waals surface area contributed by atoms with Crippen LogP contribution in [0.3, 0.4) is 0 Å². The Morgan fingerprint density at radius 3 is 2.24 bits per heavy atom. The Bertz CT molecular complexity index is 1300. The number of ether oxygens (including phenoxy) is 2. The van der Waals surface area contributed by atoms with Crippen molar-refractivity contribution in [1.82, 2.24) is 0 Å².